The third kappa shape index (κ3) is 3.76. The first-order chi connectivity index (χ1) is 10.9. The van der Waals surface area contributed by atoms with Gasteiger partial charge in [0, 0.05) is 0 Å². The van der Waals surface area contributed by atoms with E-state index in [2.05, 4.69) is 53.7 Å². The predicted molar refractivity (Wildman–Crippen MR) is 97.8 cm³/mol. The van der Waals surface area contributed by atoms with Crippen molar-refractivity contribution in [2.45, 2.75) is 84.0 Å². The van der Waals surface area contributed by atoms with Crippen molar-refractivity contribution in [2.24, 2.45) is 5.92 Å². The Bertz CT molecular complexity index is 582. The number of aliphatic carboxylic acids is 1. The first-order valence-corrected chi connectivity index (χ1v) is 9.03. The third-order valence-corrected chi connectivity index (χ3v) is 5.26. The van der Waals surface area contributed by atoms with E-state index in [-0.39, 0.29) is 22.7 Å². The molecule has 0 amide bonds. The molecule has 0 spiro atoms. The molecule has 1 saturated carbocycles. The Morgan fingerprint density at radius 2 is 1.42 bits per heavy atom. The number of carbonyl (C=O) groups is 1. The summed E-state index contributed by atoms with van der Waals surface area (Å²) in [5.74, 6) is -0.605. The standard InChI is InChI=1S/C21H32O3/c1-20(2,3)16-11-13(12-17(18(16)22)21(4,5)6)14-9-7-8-10-15(14)19(23)24/h11-12,14-15,22H,7-10H2,1-6H3,(H,23,24). The second kappa shape index (κ2) is 6.42. The van der Waals surface area contributed by atoms with Gasteiger partial charge in [0.05, 0.1) is 5.92 Å². The Morgan fingerprint density at radius 1 is 0.958 bits per heavy atom. The van der Waals surface area contributed by atoms with E-state index >= 15 is 0 Å². The maximum atomic E-state index is 11.7. The van der Waals surface area contributed by atoms with Crippen molar-refractivity contribution in [1.82, 2.24) is 0 Å². The van der Waals surface area contributed by atoms with Gasteiger partial charge < -0.3 is 10.2 Å². The fraction of sp³-hybridized carbons (Fsp3) is 0.667. The lowest BCUT2D eigenvalue weighted by atomic mass is 9.71. The number of hydrogen-bond donors (Lipinski definition) is 2. The van der Waals surface area contributed by atoms with E-state index < -0.39 is 5.97 Å². The Hall–Kier alpha value is -1.51. The molecule has 3 heteroatoms. The van der Waals surface area contributed by atoms with E-state index in [0.29, 0.717) is 5.75 Å². The summed E-state index contributed by atoms with van der Waals surface area (Å²) in [6.07, 6.45) is 3.72. The zero-order valence-electron chi connectivity index (χ0n) is 15.9. The Kier molecular flexibility index (Phi) is 5.03. The molecule has 1 aliphatic rings. The van der Waals surface area contributed by atoms with Crippen LogP contribution < -0.4 is 0 Å². The van der Waals surface area contributed by atoms with Crippen LogP contribution in [0.15, 0.2) is 12.1 Å². The van der Waals surface area contributed by atoms with E-state index in [1.807, 2.05) is 0 Å². The number of aromatic hydroxyl groups is 1. The van der Waals surface area contributed by atoms with Gasteiger partial charge in [0.2, 0.25) is 0 Å². The second-order valence-corrected chi connectivity index (χ2v) is 9.30. The molecule has 3 nitrogen and oxygen atoms in total. The first kappa shape index (κ1) is 18.8. The fourth-order valence-electron chi connectivity index (χ4n) is 3.84. The van der Waals surface area contributed by atoms with E-state index in [1.54, 1.807) is 0 Å². The summed E-state index contributed by atoms with van der Waals surface area (Å²) in [4.78, 5) is 11.7. The Balaban J connectivity index is 2.63. The van der Waals surface area contributed by atoms with Crippen molar-refractivity contribution < 1.29 is 15.0 Å². The summed E-state index contributed by atoms with van der Waals surface area (Å²) in [5, 5.41) is 20.5. The van der Waals surface area contributed by atoms with Gasteiger partial charge in [-0.1, -0.05) is 66.5 Å². The second-order valence-electron chi connectivity index (χ2n) is 9.30. The van der Waals surface area contributed by atoms with Gasteiger partial charge >= 0.3 is 5.97 Å². The van der Waals surface area contributed by atoms with Crippen LogP contribution in [0.25, 0.3) is 0 Å². The highest BCUT2D eigenvalue weighted by atomic mass is 16.4. The average Bonchev–Trinajstić information content (AvgIpc) is 2.45. The molecule has 0 saturated heterocycles. The van der Waals surface area contributed by atoms with E-state index in [4.69, 9.17) is 0 Å². The zero-order valence-corrected chi connectivity index (χ0v) is 15.9. The molecule has 0 bridgehead atoms. The third-order valence-electron chi connectivity index (χ3n) is 5.26. The summed E-state index contributed by atoms with van der Waals surface area (Å²) >= 11 is 0. The van der Waals surface area contributed by atoms with Gasteiger partial charge in [-0.05, 0) is 46.3 Å². The van der Waals surface area contributed by atoms with E-state index in [9.17, 15) is 15.0 Å². The molecule has 0 aliphatic heterocycles. The molecule has 2 rings (SSSR count). The van der Waals surface area contributed by atoms with Crippen LogP contribution in [-0.4, -0.2) is 16.2 Å². The van der Waals surface area contributed by atoms with Crippen LogP contribution in [0.1, 0.15) is 89.8 Å². The molecule has 1 aromatic rings. The van der Waals surface area contributed by atoms with Crippen molar-refractivity contribution in [2.75, 3.05) is 0 Å². The number of hydrogen-bond acceptors (Lipinski definition) is 2. The van der Waals surface area contributed by atoms with Crippen LogP contribution in [0.2, 0.25) is 0 Å². The quantitative estimate of drug-likeness (QED) is 0.768. The fourth-order valence-corrected chi connectivity index (χ4v) is 3.84. The smallest absolute Gasteiger partial charge is 0.307 e. The van der Waals surface area contributed by atoms with E-state index in [1.165, 1.54) is 0 Å². The minimum atomic E-state index is -0.692. The number of carboxylic acids is 1. The van der Waals surface area contributed by atoms with Crippen LogP contribution in [0.5, 0.6) is 5.75 Å². The zero-order chi connectivity index (χ0) is 18.3. The van der Waals surface area contributed by atoms with Crippen LogP contribution in [-0.2, 0) is 15.6 Å². The molecular weight excluding hydrogens is 300 g/mol. The first-order valence-electron chi connectivity index (χ1n) is 9.03. The molecule has 2 atom stereocenters. The van der Waals surface area contributed by atoms with Crippen LogP contribution in [0, 0.1) is 5.92 Å². The minimum Gasteiger partial charge on any atom is -0.507 e. The van der Waals surface area contributed by atoms with Gasteiger partial charge in [-0.25, -0.2) is 0 Å². The lowest BCUT2D eigenvalue weighted by Gasteiger charge is -2.33. The van der Waals surface area contributed by atoms with Gasteiger partial charge in [-0.2, -0.15) is 0 Å². The topological polar surface area (TPSA) is 57.5 Å². The summed E-state index contributed by atoms with van der Waals surface area (Å²) in [6.45, 7) is 12.5. The minimum absolute atomic E-state index is 0.0408. The van der Waals surface area contributed by atoms with Crippen LogP contribution in [0.4, 0.5) is 0 Å². The summed E-state index contributed by atoms with van der Waals surface area (Å²) < 4.78 is 0. The molecule has 134 valence electrons. The highest BCUT2D eigenvalue weighted by Gasteiger charge is 2.34. The molecule has 0 radical (unpaired) electrons. The van der Waals surface area contributed by atoms with Gasteiger partial charge in [0.15, 0.2) is 0 Å². The largest absolute Gasteiger partial charge is 0.507 e. The van der Waals surface area contributed by atoms with Crippen molar-refractivity contribution in [3.05, 3.63) is 28.8 Å². The maximum absolute atomic E-state index is 11.7. The lowest BCUT2D eigenvalue weighted by Crippen LogP contribution is -2.26. The average molecular weight is 332 g/mol. The molecule has 1 aliphatic carbocycles. The summed E-state index contributed by atoms with van der Waals surface area (Å²) in [6, 6.07) is 4.10. The predicted octanol–water partition coefficient (Wildman–Crippen LogP) is 5.35. The molecule has 0 aromatic heterocycles. The van der Waals surface area contributed by atoms with Gasteiger partial charge in [-0.15, -0.1) is 0 Å². The van der Waals surface area contributed by atoms with Crippen LogP contribution >= 0.6 is 0 Å². The molecule has 24 heavy (non-hydrogen) atoms. The highest BCUT2D eigenvalue weighted by Crippen LogP contribution is 2.45. The Labute approximate surface area is 146 Å². The highest BCUT2D eigenvalue weighted by molar-refractivity contribution is 5.71. The number of phenolic OH excluding ortho intramolecular Hbond substituents is 1. The molecule has 2 N–H and O–H groups in total. The van der Waals surface area contributed by atoms with Crippen molar-refractivity contribution in [3.63, 3.8) is 0 Å². The molecule has 1 aromatic carbocycles. The number of rotatable bonds is 2. The molecule has 1 fully saturated rings. The monoisotopic (exact) mass is 332 g/mol. The SMILES string of the molecule is CC(C)(C)c1cc(C2CCCCC2C(=O)O)cc(C(C)(C)C)c1O. The summed E-state index contributed by atoms with van der Waals surface area (Å²) in [5.41, 5.74) is 2.54. The maximum Gasteiger partial charge on any atom is 0.307 e. The van der Waals surface area contributed by atoms with Gasteiger partial charge in [0.1, 0.15) is 5.75 Å². The molecule has 0 heterocycles. The normalized spacial score (nSPS) is 22.4. The van der Waals surface area contributed by atoms with Crippen molar-refractivity contribution >= 4 is 5.97 Å². The van der Waals surface area contributed by atoms with Crippen LogP contribution in [0.3, 0.4) is 0 Å². The van der Waals surface area contributed by atoms with Gasteiger partial charge in [-0.3, -0.25) is 4.79 Å². The van der Waals surface area contributed by atoms with E-state index in [0.717, 1.165) is 42.4 Å². The van der Waals surface area contributed by atoms with Crippen molar-refractivity contribution in [1.29, 1.82) is 0 Å². The summed E-state index contributed by atoms with van der Waals surface area (Å²) in [7, 11) is 0. The number of benzene rings is 1. The number of phenols is 1. The van der Waals surface area contributed by atoms with Gasteiger partial charge in [0.25, 0.3) is 0 Å². The molecular formula is C21H32O3. The van der Waals surface area contributed by atoms with Crippen molar-refractivity contribution in [3.8, 4) is 5.75 Å². The molecule has 2 unspecified atom stereocenters. The number of carboxylic acid groups (broad SMARTS) is 1. The Morgan fingerprint density at radius 3 is 1.83 bits per heavy atom. The lowest BCUT2D eigenvalue weighted by molar-refractivity contribution is -0.143.